The molecule has 0 saturated heterocycles. The summed E-state index contributed by atoms with van der Waals surface area (Å²) < 4.78 is 6.01. The van der Waals surface area contributed by atoms with E-state index in [4.69, 9.17) is 4.74 Å². The molecular formula is C20H25NO. The Bertz CT molecular complexity index is 621. The molecule has 0 aliphatic carbocycles. The lowest BCUT2D eigenvalue weighted by Crippen LogP contribution is -2.05. The average molecular weight is 295 g/mol. The first-order chi connectivity index (χ1) is 10.9. The topological polar surface area (TPSA) is 21.3 Å². The summed E-state index contributed by atoms with van der Waals surface area (Å²) in [7, 11) is 0. The summed E-state index contributed by atoms with van der Waals surface area (Å²) in [5.41, 5.74) is 3.57. The maximum absolute atomic E-state index is 6.01. The molecule has 2 heteroatoms. The lowest BCUT2D eigenvalue weighted by atomic mass is 10.0. The van der Waals surface area contributed by atoms with Gasteiger partial charge < -0.3 is 10.1 Å². The maximum atomic E-state index is 6.01. The fourth-order valence-corrected chi connectivity index (χ4v) is 3.02. The van der Waals surface area contributed by atoms with Gasteiger partial charge in [-0.2, -0.15) is 0 Å². The number of aryl methyl sites for hydroxylation is 1. The third-order valence-electron chi connectivity index (χ3n) is 4.28. The Hall–Kier alpha value is -1.96. The van der Waals surface area contributed by atoms with Gasteiger partial charge in [0.2, 0.25) is 0 Å². The molecular weight excluding hydrogens is 270 g/mol. The number of nitrogens with one attached hydrogen (secondary N) is 1. The number of anilines is 2. The molecule has 1 aliphatic heterocycles. The zero-order valence-corrected chi connectivity index (χ0v) is 13.4. The number of benzene rings is 2. The lowest BCUT2D eigenvalue weighted by molar-refractivity contribution is 0.480. The average Bonchev–Trinajstić information content (AvgIpc) is 2.56. The van der Waals surface area contributed by atoms with Crippen molar-refractivity contribution in [2.75, 3.05) is 5.32 Å². The van der Waals surface area contributed by atoms with E-state index < -0.39 is 0 Å². The van der Waals surface area contributed by atoms with Crippen LogP contribution in [0.4, 0.5) is 11.4 Å². The quantitative estimate of drug-likeness (QED) is 0.506. The summed E-state index contributed by atoms with van der Waals surface area (Å²) in [6.45, 7) is 2.26. The van der Waals surface area contributed by atoms with Crippen LogP contribution in [-0.2, 0) is 6.42 Å². The standard InChI is InChI=1S/C20H25NO/c1-2-3-4-5-6-7-11-16-12-10-15-19-20(16)21-17-13-8-9-14-18(17)22-19/h8-10,12-15,21H,2-7,11H2,1H3. The van der Waals surface area contributed by atoms with Crippen molar-refractivity contribution >= 4 is 11.4 Å². The first-order valence-corrected chi connectivity index (χ1v) is 8.54. The van der Waals surface area contributed by atoms with Gasteiger partial charge in [0.1, 0.15) is 0 Å². The van der Waals surface area contributed by atoms with E-state index in [0.29, 0.717) is 0 Å². The van der Waals surface area contributed by atoms with Crippen LogP contribution in [0.15, 0.2) is 42.5 Å². The summed E-state index contributed by atoms with van der Waals surface area (Å²) in [6, 6.07) is 14.5. The maximum Gasteiger partial charge on any atom is 0.151 e. The van der Waals surface area contributed by atoms with E-state index in [2.05, 4.69) is 30.4 Å². The smallest absolute Gasteiger partial charge is 0.151 e. The molecule has 22 heavy (non-hydrogen) atoms. The highest BCUT2D eigenvalue weighted by molar-refractivity contribution is 5.77. The summed E-state index contributed by atoms with van der Waals surface area (Å²) in [6.07, 6.45) is 9.10. The molecule has 3 rings (SSSR count). The molecule has 116 valence electrons. The van der Waals surface area contributed by atoms with Crippen LogP contribution < -0.4 is 10.1 Å². The van der Waals surface area contributed by atoms with Gasteiger partial charge in [0.15, 0.2) is 11.5 Å². The molecule has 0 aromatic heterocycles. The Morgan fingerprint density at radius 2 is 1.59 bits per heavy atom. The van der Waals surface area contributed by atoms with Crippen molar-refractivity contribution < 1.29 is 4.74 Å². The van der Waals surface area contributed by atoms with Crippen LogP contribution in [0.3, 0.4) is 0 Å². The normalized spacial score (nSPS) is 12.0. The van der Waals surface area contributed by atoms with Crippen molar-refractivity contribution in [3.63, 3.8) is 0 Å². The Balaban J connectivity index is 1.63. The molecule has 2 aromatic rings. The van der Waals surface area contributed by atoms with Crippen molar-refractivity contribution in [1.82, 2.24) is 0 Å². The van der Waals surface area contributed by atoms with E-state index in [1.54, 1.807) is 0 Å². The minimum atomic E-state index is 0.909. The van der Waals surface area contributed by atoms with Crippen molar-refractivity contribution in [3.05, 3.63) is 48.0 Å². The van der Waals surface area contributed by atoms with Gasteiger partial charge >= 0.3 is 0 Å². The van der Waals surface area contributed by atoms with Gasteiger partial charge in [0.05, 0.1) is 11.4 Å². The van der Waals surface area contributed by atoms with Crippen molar-refractivity contribution in [3.8, 4) is 11.5 Å². The van der Waals surface area contributed by atoms with Gasteiger partial charge in [0.25, 0.3) is 0 Å². The third-order valence-corrected chi connectivity index (χ3v) is 4.28. The van der Waals surface area contributed by atoms with E-state index in [1.165, 1.54) is 44.1 Å². The van der Waals surface area contributed by atoms with Crippen LogP contribution in [0.5, 0.6) is 11.5 Å². The highest BCUT2D eigenvalue weighted by Gasteiger charge is 2.18. The Morgan fingerprint density at radius 1 is 0.818 bits per heavy atom. The van der Waals surface area contributed by atoms with E-state index in [-0.39, 0.29) is 0 Å². The molecule has 2 nitrogen and oxygen atoms in total. The van der Waals surface area contributed by atoms with E-state index in [1.807, 2.05) is 24.3 Å². The van der Waals surface area contributed by atoms with E-state index >= 15 is 0 Å². The third kappa shape index (κ3) is 3.44. The minimum absolute atomic E-state index is 0.909. The van der Waals surface area contributed by atoms with Gasteiger partial charge in [-0.05, 0) is 36.6 Å². The number of rotatable bonds is 7. The molecule has 0 unspecified atom stereocenters. The Labute approximate surface area is 133 Å². The number of para-hydroxylation sites is 3. The first-order valence-electron chi connectivity index (χ1n) is 8.54. The molecule has 0 atom stereocenters. The molecule has 0 fully saturated rings. The van der Waals surface area contributed by atoms with Crippen LogP contribution in [-0.4, -0.2) is 0 Å². The summed E-state index contributed by atoms with van der Waals surface area (Å²) in [5.74, 6) is 1.86. The number of ether oxygens (including phenoxy) is 1. The molecule has 0 saturated carbocycles. The SMILES string of the molecule is CCCCCCCCc1cccc2c1Nc1ccccc1O2. The van der Waals surface area contributed by atoms with Crippen LogP contribution in [0.2, 0.25) is 0 Å². The largest absolute Gasteiger partial charge is 0.453 e. The zero-order valence-electron chi connectivity index (χ0n) is 13.4. The number of hydrogen-bond acceptors (Lipinski definition) is 2. The molecule has 1 aliphatic rings. The van der Waals surface area contributed by atoms with E-state index in [9.17, 15) is 0 Å². The van der Waals surface area contributed by atoms with Crippen molar-refractivity contribution in [2.45, 2.75) is 51.9 Å². The highest BCUT2D eigenvalue weighted by Crippen LogP contribution is 2.43. The highest BCUT2D eigenvalue weighted by atomic mass is 16.5. The van der Waals surface area contributed by atoms with Crippen LogP contribution in [0.25, 0.3) is 0 Å². The number of hydrogen-bond donors (Lipinski definition) is 1. The van der Waals surface area contributed by atoms with Gasteiger partial charge in [0, 0.05) is 0 Å². The monoisotopic (exact) mass is 295 g/mol. The molecule has 0 spiro atoms. The lowest BCUT2D eigenvalue weighted by Gasteiger charge is -2.24. The summed E-state index contributed by atoms with van der Waals surface area (Å²) in [5, 5.41) is 3.55. The Kier molecular flexibility index (Phi) is 4.99. The van der Waals surface area contributed by atoms with Gasteiger partial charge in [-0.15, -0.1) is 0 Å². The van der Waals surface area contributed by atoms with Gasteiger partial charge in [-0.25, -0.2) is 0 Å². The van der Waals surface area contributed by atoms with Crippen molar-refractivity contribution in [1.29, 1.82) is 0 Å². The molecule has 0 amide bonds. The second kappa shape index (κ2) is 7.35. The van der Waals surface area contributed by atoms with Crippen LogP contribution in [0, 0.1) is 0 Å². The molecule has 0 bridgehead atoms. The fourth-order valence-electron chi connectivity index (χ4n) is 3.02. The minimum Gasteiger partial charge on any atom is -0.453 e. The van der Waals surface area contributed by atoms with Crippen LogP contribution in [0.1, 0.15) is 51.0 Å². The van der Waals surface area contributed by atoms with Gasteiger partial charge in [-0.1, -0.05) is 63.3 Å². The van der Waals surface area contributed by atoms with Crippen molar-refractivity contribution in [2.24, 2.45) is 0 Å². The second-order valence-electron chi connectivity index (χ2n) is 6.03. The number of unbranched alkanes of at least 4 members (excludes halogenated alkanes) is 5. The predicted octanol–water partition coefficient (Wildman–Crippen LogP) is 6.44. The summed E-state index contributed by atoms with van der Waals surface area (Å²) >= 11 is 0. The molecule has 1 heterocycles. The van der Waals surface area contributed by atoms with Gasteiger partial charge in [-0.3, -0.25) is 0 Å². The zero-order chi connectivity index (χ0) is 15.2. The molecule has 1 N–H and O–H groups in total. The first kappa shape index (κ1) is 15.0. The van der Waals surface area contributed by atoms with Crippen LogP contribution >= 0.6 is 0 Å². The number of fused-ring (bicyclic) bond motifs is 2. The second-order valence-corrected chi connectivity index (χ2v) is 6.03. The Morgan fingerprint density at radius 3 is 2.50 bits per heavy atom. The van der Waals surface area contributed by atoms with E-state index in [0.717, 1.165) is 29.3 Å². The summed E-state index contributed by atoms with van der Waals surface area (Å²) in [4.78, 5) is 0. The molecule has 0 radical (unpaired) electrons. The molecule has 2 aromatic carbocycles. The predicted molar refractivity (Wildman–Crippen MR) is 93.3 cm³/mol. The fraction of sp³-hybridized carbons (Fsp3) is 0.400.